The summed E-state index contributed by atoms with van der Waals surface area (Å²) in [6.07, 6.45) is 1.55. The Morgan fingerprint density at radius 3 is 2.74 bits per heavy atom. The van der Waals surface area contributed by atoms with E-state index in [1.807, 2.05) is 29.5 Å². The average molecular weight is 318 g/mol. The van der Waals surface area contributed by atoms with Crippen LogP contribution in [-0.2, 0) is 20.8 Å². The van der Waals surface area contributed by atoms with Crippen LogP contribution in [0.4, 0.5) is 0 Å². The van der Waals surface area contributed by atoms with Crippen molar-refractivity contribution in [3.63, 3.8) is 0 Å². The molecule has 2 aromatic rings. The second-order valence-electron chi connectivity index (χ2n) is 5.27. The van der Waals surface area contributed by atoms with E-state index in [1.165, 1.54) is 0 Å². The number of hydrogen-bond acceptors (Lipinski definition) is 4. The van der Waals surface area contributed by atoms with Crippen molar-refractivity contribution in [1.82, 2.24) is 14.7 Å². The molecular weight excluding hydrogens is 300 g/mol. The predicted octanol–water partition coefficient (Wildman–Crippen LogP) is 0.0201. The molecule has 0 aliphatic heterocycles. The smallest absolute Gasteiger partial charge is 0.326 e. The Bertz CT molecular complexity index is 753. The van der Waals surface area contributed by atoms with E-state index in [2.05, 4.69) is 10.3 Å². The summed E-state index contributed by atoms with van der Waals surface area (Å²) >= 11 is 0. The Hall–Kier alpha value is -2.90. The van der Waals surface area contributed by atoms with Crippen molar-refractivity contribution in [3.8, 4) is 0 Å². The topological polar surface area (TPSA) is 127 Å². The van der Waals surface area contributed by atoms with Gasteiger partial charge in [0.1, 0.15) is 11.7 Å². The number of aliphatic carboxylic acids is 1. The highest BCUT2D eigenvalue weighted by molar-refractivity contribution is 5.85. The normalized spacial score (nSPS) is 12.0. The van der Waals surface area contributed by atoms with Gasteiger partial charge in [0.2, 0.25) is 11.8 Å². The van der Waals surface area contributed by atoms with E-state index in [1.54, 1.807) is 6.20 Å². The van der Waals surface area contributed by atoms with Crippen LogP contribution >= 0.6 is 0 Å². The number of imidazole rings is 1. The minimum atomic E-state index is -1.20. The molecule has 0 aliphatic rings. The van der Waals surface area contributed by atoms with E-state index in [-0.39, 0.29) is 19.3 Å². The number of carboxylic acids is 1. The van der Waals surface area contributed by atoms with E-state index in [0.29, 0.717) is 5.69 Å². The van der Waals surface area contributed by atoms with Gasteiger partial charge in [-0.15, -0.1) is 0 Å². The van der Waals surface area contributed by atoms with Crippen molar-refractivity contribution < 1.29 is 19.5 Å². The van der Waals surface area contributed by atoms with Crippen LogP contribution in [0.3, 0.4) is 0 Å². The number of rotatable bonds is 7. The first kappa shape index (κ1) is 16.5. The first-order valence-electron chi connectivity index (χ1n) is 7.11. The summed E-state index contributed by atoms with van der Waals surface area (Å²) in [5.41, 5.74) is 7.23. The number of nitrogens with one attached hydrogen (secondary N) is 1. The molecule has 0 spiro atoms. The fourth-order valence-electron chi connectivity index (χ4n) is 2.24. The maximum absolute atomic E-state index is 12.0. The number of amides is 2. The number of carboxylic acid groups (broad SMARTS) is 1. The van der Waals surface area contributed by atoms with Crippen molar-refractivity contribution in [2.45, 2.75) is 32.2 Å². The van der Waals surface area contributed by atoms with Gasteiger partial charge in [0.25, 0.3) is 0 Å². The maximum Gasteiger partial charge on any atom is 0.326 e. The molecule has 122 valence electrons. The van der Waals surface area contributed by atoms with E-state index < -0.39 is 23.8 Å². The molecule has 23 heavy (non-hydrogen) atoms. The number of primary amides is 1. The molecule has 2 rings (SSSR count). The summed E-state index contributed by atoms with van der Waals surface area (Å²) in [6, 6.07) is 4.46. The quantitative estimate of drug-likeness (QED) is 0.663. The minimum absolute atomic E-state index is 0.0402. The highest BCUT2D eigenvalue weighted by Crippen LogP contribution is 2.09. The average Bonchev–Trinajstić information content (AvgIpc) is 2.86. The second kappa shape index (κ2) is 6.91. The lowest BCUT2D eigenvalue weighted by Gasteiger charge is -2.13. The molecular formula is C15H18N4O4. The van der Waals surface area contributed by atoms with Crippen LogP contribution in [-0.4, -0.2) is 38.3 Å². The van der Waals surface area contributed by atoms with Crippen LogP contribution in [0, 0.1) is 6.92 Å². The van der Waals surface area contributed by atoms with Crippen molar-refractivity contribution >= 4 is 23.4 Å². The Balaban J connectivity index is 2.03. The number of pyridine rings is 1. The van der Waals surface area contributed by atoms with Crippen LogP contribution in [0.1, 0.15) is 24.2 Å². The summed E-state index contributed by atoms with van der Waals surface area (Å²) < 4.78 is 1.85. The van der Waals surface area contributed by atoms with Crippen LogP contribution < -0.4 is 11.1 Å². The lowest BCUT2D eigenvalue weighted by Crippen LogP contribution is -2.42. The third-order valence-corrected chi connectivity index (χ3v) is 3.40. The first-order chi connectivity index (χ1) is 10.9. The molecule has 2 amide bonds. The number of fused-ring (bicyclic) bond motifs is 1. The third kappa shape index (κ3) is 4.29. The van der Waals surface area contributed by atoms with Crippen LogP contribution in [0.15, 0.2) is 24.4 Å². The number of nitrogens with two attached hydrogens (primary N) is 1. The molecule has 4 N–H and O–H groups in total. The highest BCUT2D eigenvalue weighted by Gasteiger charge is 2.21. The summed E-state index contributed by atoms with van der Waals surface area (Å²) in [7, 11) is 0. The molecule has 8 nitrogen and oxygen atoms in total. The number of aryl methyl sites for hydroxylation is 1. The zero-order chi connectivity index (χ0) is 17.0. The Kier molecular flexibility index (Phi) is 4.95. The van der Waals surface area contributed by atoms with Gasteiger partial charge in [-0.1, -0.05) is 6.07 Å². The fraction of sp³-hybridized carbons (Fsp3) is 0.333. The number of carbonyl (C=O) groups excluding carboxylic acids is 2. The number of carbonyl (C=O) groups is 3. The molecule has 1 atom stereocenters. The molecule has 0 radical (unpaired) electrons. The SMILES string of the molecule is Cc1cccc2nc(CC(=O)NC(CCC(N)=O)C(=O)O)cn12. The van der Waals surface area contributed by atoms with Gasteiger partial charge in [-0.2, -0.15) is 0 Å². The predicted molar refractivity (Wildman–Crippen MR) is 81.6 cm³/mol. The van der Waals surface area contributed by atoms with Crippen LogP contribution in [0.2, 0.25) is 0 Å². The Morgan fingerprint density at radius 1 is 1.39 bits per heavy atom. The lowest BCUT2D eigenvalue weighted by atomic mass is 10.1. The molecule has 2 heterocycles. The molecule has 0 saturated carbocycles. The molecule has 2 aromatic heterocycles. The molecule has 0 fully saturated rings. The molecule has 0 aromatic carbocycles. The van der Waals surface area contributed by atoms with E-state index in [4.69, 9.17) is 10.8 Å². The van der Waals surface area contributed by atoms with Crippen LogP contribution in [0.25, 0.3) is 5.65 Å². The van der Waals surface area contributed by atoms with Gasteiger partial charge in [-0.3, -0.25) is 9.59 Å². The third-order valence-electron chi connectivity index (χ3n) is 3.40. The molecule has 8 heteroatoms. The zero-order valence-electron chi connectivity index (χ0n) is 12.7. The monoisotopic (exact) mass is 318 g/mol. The van der Waals surface area contributed by atoms with Crippen molar-refractivity contribution in [2.24, 2.45) is 5.73 Å². The van der Waals surface area contributed by atoms with Gasteiger partial charge in [-0.05, 0) is 25.5 Å². The summed E-state index contributed by atoms with van der Waals surface area (Å²) in [6.45, 7) is 1.92. The highest BCUT2D eigenvalue weighted by atomic mass is 16.4. The van der Waals surface area contributed by atoms with Crippen LogP contribution in [0.5, 0.6) is 0 Å². The number of nitrogens with zero attached hydrogens (tertiary/aromatic N) is 2. The van der Waals surface area contributed by atoms with Gasteiger partial charge in [0.05, 0.1) is 12.1 Å². The second-order valence-corrected chi connectivity index (χ2v) is 5.27. The minimum Gasteiger partial charge on any atom is -0.480 e. The standard InChI is InChI=1S/C15H18N4O4/c1-9-3-2-4-13-17-10(8-19(9)13)7-14(21)18-11(15(22)23)5-6-12(16)20/h2-4,8,11H,5-7H2,1H3,(H2,16,20)(H,18,21)(H,22,23). The van der Waals surface area contributed by atoms with Gasteiger partial charge >= 0.3 is 5.97 Å². The van der Waals surface area contributed by atoms with Gasteiger partial charge in [0, 0.05) is 18.3 Å². The van der Waals surface area contributed by atoms with Crippen molar-refractivity contribution in [3.05, 3.63) is 35.8 Å². The Labute approximate surface area is 132 Å². The van der Waals surface area contributed by atoms with Crippen molar-refractivity contribution in [1.29, 1.82) is 0 Å². The fourth-order valence-corrected chi connectivity index (χ4v) is 2.24. The van der Waals surface area contributed by atoms with E-state index >= 15 is 0 Å². The first-order valence-corrected chi connectivity index (χ1v) is 7.11. The largest absolute Gasteiger partial charge is 0.480 e. The van der Waals surface area contributed by atoms with Gasteiger partial charge < -0.3 is 20.6 Å². The summed E-state index contributed by atoms with van der Waals surface area (Å²) in [5.74, 6) is -2.28. The molecule has 1 unspecified atom stereocenters. The summed E-state index contributed by atoms with van der Waals surface area (Å²) in [4.78, 5) is 38.2. The maximum atomic E-state index is 12.0. The Morgan fingerprint density at radius 2 is 2.13 bits per heavy atom. The van der Waals surface area contributed by atoms with Crippen molar-refractivity contribution in [2.75, 3.05) is 0 Å². The van der Waals surface area contributed by atoms with E-state index in [0.717, 1.165) is 11.3 Å². The molecule has 0 bridgehead atoms. The van der Waals surface area contributed by atoms with E-state index in [9.17, 15) is 14.4 Å². The van der Waals surface area contributed by atoms with Gasteiger partial charge in [0.15, 0.2) is 0 Å². The zero-order valence-corrected chi connectivity index (χ0v) is 12.7. The summed E-state index contributed by atoms with van der Waals surface area (Å²) in [5, 5.41) is 11.4. The molecule has 0 saturated heterocycles. The lowest BCUT2D eigenvalue weighted by molar-refractivity contribution is -0.142. The number of hydrogen-bond donors (Lipinski definition) is 3. The number of aromatic nitrogens is 2. The van der Waals surface area contributed by atoms with Gasteiger partial charge in [-0.25, -0.2) is 9.78 Å². The molecule has 0 aliphatic carbocycles.